The minimum atomic E-state index is -6.16. The van der Waals surface area contributed by atoms with Gasteiger partial charge in [-0.05, 0) is 69.1 Å². The molecule has 4 aliphatic rings. The zero-order chi connectivity index (χ0) is 22.9. The molecule has 31 heavy (non-hydrogen) atoms. The Balaban J connectivity index is 1.26. The molecule has 0 heterocycles. The van der Waals surface area contributed by atoms with Gasteiger partial charge in [0.1, 0.15) is 0 Å². The standard InChI is InChI=1S/C21H32F4O5S/c22-20(23,21(24,25)31(27,28)29)7-5-3-1-2-4-6-8-30-18(26)19-12-15-9-16(13-19)11-17(10-15)14-19/h15-17H,1-14H2,(H,27,28,29). The third kappa shape index (κ3) is 5.37. The van der Waals surface area contributed by atoms with Crippen molar-refractivity contribution in [2.45, 2.75) is 94.6 Å². The molecule has 180 valence electrons. The fourth-order valence-electron chi connectivity index (χ4n) is 6.17. The van der Waals surface area contributed by atoms with Crippen LogP contribution in [0.4, 0.5) is 17.6 Å². The average Bonchev–Trinajstić information content (AvgIpc) is 2.64. The molecule has 0 saturated heterocycles. The molecular weight excluding hydrogens is 440 g/mol. The topological polar surface area (TPSA) is 80.7 Å². The normalized spacial score (nSPS) is 30.5. The first-order valence-corrected chi connectivity index (χ1v) is 12.7. The Morgan fingerprint density at radius 3 is 1.81 bits per heavy atom. The number of halogens is 4. The summed E-state index contributed by atoms with van der Waals surface area (Å²) in [5, 5.41) is -5.49. The van der Waals surface area contributed by atoms with E-state index in [0.29, 0.717) is 43.6 Å². The van der Waals surface area contributed by atoms with Gasteiger partial charge in [0.2, 0.25) is 0 Å². The van der Waals surface area contributed by atoms with Gasteiger partial charge in [-0.1, -0.05) is 25.7 Å². The first kappa shape index (κ1) is 24.7. The first-order valence-electron chi connectivity index (χ1n) is 11.3. The largest absolute Gasteiger partial charge is 0.465 e. The molecule has 4 saturated carbocycles. The van der Waals surface area contributed by atoms with Crippen molar-refractivity contribution in [3.63, 3.8) is 0 Å². The van der Waals surface area contributed by atoms with E-state index in [0.717, 1.165) is 25.7 Å². The van der Waals surface area contributed by atoms with Crippen molar-refractivity contribution in [2.75, 3.05) is 6.61 Å². The van der Waals surface area contributed by atoms with E-state index in [4.69, 9.17) is 9.29 Å². The summed E-state index contributed by atoms with van der Waals surface area (Å²) in [4.78, 5) is 12.7. The summed E-state index contributed by atoms with van der Waals surface area (Å²) in [5.74, 6) is -2.86. The number of alkyl halides is 4. The second kappa shape index (κ2) is 9.15. The molecule has 4 bridgehead atoms. The molecule has 0 aliphatic heterocycles. The monoisotopic (exact) mass is 472 g/mol. The van der Waals surface area contributed by atoms with Crippen molar-refractivity contribution >= 4 is 16.1 Å². The Morgan fingerprint density at radius 1 is 0.871 bits per heavy atom. The Labute approximate surface area is 181 Å². The van der Waals surface area contributed by atoms with Gasteiger partial charge in [0.05, 0.1) is 12.0 Å². The van der Waals surface area contributed by atoms with Crippen molar-refractivity contribution in [1.29, 1.82) is 0 Å². The molecule has 4 aliphatic carbocycles. The number of hydrogen-bond acceptors (Lipinski definition) is 4. The van der Waals surface area contributed by atoms with Crippen LogP contribution in [0.3, 0.4) is 0 Å². The molecule has 5 nitrogen and oxygen atoms in total. The zero-order valence-corrected chi connectivity index (χ0v) is 18.4. The number of carbonyl (C=O) groups is 1. The van der Waals surface area contributed by atoms with E-state index in [9.17, 15) is 30.8 Å². The molecule has 0 aromatic carbocycles. The number of ether oxygens (including phenoxy) is 1. The molecule has 0 radical (unpaired) electrons. The Kier molecular flexibility index (Phi) is 7.30. The quantitative estimate of drug-likeness (QED) is 0.173. The number of esters is 1. The van der Waals surface area contributed by atoms with Crippen LogP contribution in [-0.4, -0.2) is 36.7 Å². The Hall–Kier alpha value is -0.900. The van der Waals surface area contributed by atoms with Crippen LogP contribution in [0.1, 0.15) is 83.5 Å². The van der Waals surface area contributed by atoms with E-state index >= 15 is 0 Å². The lowest BCUT2D eigenvalue weighted by Gasteiger charge is -2.55. The first-order chi connectivity index (χ1) is 14.4. The van der Waals surface area contributed by atoms with E-state index in [1.807, 2.05) is 0 Å². The molecule has 0 aromatic heterocycles. The van der Waals surface area contributed by atoms with Crippen molar-refractivity contribution in [3.05, 3.63) is 0 Å². The van der Waals surface area contributed by atoms with E-state index in [1.165, 1.54) is 19.3 Å². The lowest BCUT2D eigenvalue weighted by atomic mass is 9.49. The van der Waals surface area contributed by atoms with Gasteiger partial charge >= 0.3 is 27.3 Å². The van der Waals surface area contributed by atoms with Crippen LogP contribution in [0.2, 0.25) is 0 Å². The minimum absolute atomic E-state index is 0.0615. The fourth-order valence-corrected chi connectivity index (χ4v) is 6.65. The molecular formula is C21H32F4O5S. The maximum atomic E-state index is 13.4. The van der Waals surface area contributed by atoms with Crippen LogP contribution in [0.15, 0.2) is 0 Å². The van der Waals surface area contributed by atoms with Gasteiger partial charge in [0, 0.05) is 6.42 Å². The van der Waals surface area contributed by atoms with Crippen LogP contribution < -0.4 is 0 Å². The van der Waals surface area contributed by atoms with Gasteiger partial charge in [-0.25, -0.2) is 0 Å². The van der Waals surface area contributed by atoms with Gasteiger partial charge in [-0.2, -0.15) is 26.0 Å². The predicted molar refractivity (Wildman–Crippen MR) is 105 cm³/mol. The number of rotatable bonds is 12. The maximum absolute atomic E-state index is 13.4. The summed E-state index contributed by atoms with van der Waals surface area (Å²) in [6.45, 7) is 0.333. The SMILES string of the molecule is O=C(OCCCCCCCCC(F)(F)C(F)(F)S(=O)(=O)O)C12CC3CC(CC(C3)C1)C2. The van der Waals surface area contributed by atoms with Crippen LogP contribution in [0, 0.1) is 23.2 Å². The predicted octanol–water partition coefficient (Wildman–Crippen LogP) is 5.59. The third-order valence-electron chi connectivity index (χ3n) is 7.34. The molecule has 10 heteroatoms. The van der Waals surface area contributed by atoms with Gasteiger partial charge in [-0.3, -0.25) is 9.35 Å². The molecule has 0 unspecified atom stereocenters. The molecule has 0 aromatic rings. The van der Waals surface area contributed by atoms with Gasteiger partial charge in [0.15, 0.2) is 0 Å². The molecule has 4 rings (SSSR count). The summed E-state index contributed by atoms with van der Waals surface area (Å²) in [5.41, 5.74) is -0.274. The highest BCUT2D eigenvalue weighted by molar-refractivity contribution is 7.87. The third-order valence-corrected chi connectivity index (χ3v) is 8.29. The molecule has 0 spiro atoms. The van der Waals surface area contributed by atoms with Crippen LogP contribution >= 0.6 is 0 Å². The van der Waals surface area contributed by atoms with Crippen LogP contribution in [0.5, 0.6) is 0 Å². The second-order valence-corrected chi connectivity index (χ2v) is 11.4. The highest BCUT2D eigenvalue weighted by Gasteiger charge is 2.64. The average molecular weight is 473 g/mol. The van der Waals surface area contributed by atoms with Crippen molar-refractivity contribution < 1.29 is 40.1 Å². The van der Waals surface area contributed by atoms with Gasteiger partial charge in [0.25, 0.3) is 0 Å². The number of carbonyl (C=O) groups excluding carboxylic acids is 1. The Bertz CT molecular complexity index is 718. The van der Waals surface area contributed by atoms with Gasteiger partial charge in [-0.15, -0.1) is 0 Å². The highest BCUT2D eigenvalue weighted by Crippen LogP contribution is 2.60. The minimum Gasteiger partial charge on any atom is -0.465 e. The lowest BCUT2D eigenvalue weighted by molar-refractivity contribution is -0.171. The highest BCUT2D eigenvalue weighted by atomic mass is 32.2. The summed E-state index contributed by atoms with van der Waals surface area (Å²) in [6.07, 6.45) is 7.87. The van der Waals surface area contributed by atoms with E-state index in [2.05, 4.69) is 0 Å². The smallest absolute Gasteiger partial charge is 0.431 e. The van der Waals surface area contributed by atoms with Crippen LogP contribution in [0.25, 0.3) is 0 Å². The number of unbranched alkanes of at least 4 members (excludes halogenated alkanes) is 5. The second-order valence-electron chi connectivity index (χ2n) is 9.90. The molecule has 4 fully saturated rings. The summed E-state index contributed by atoms with van der Waals surface area (Å²) in [6, 6.07) is 0. The lowest BCUT2D eigenvalue weighted by Crippen LogP contribution is -2.50. The maximum Gasteiger partial charge on any atom is 0.431 e. The van der Waals surface area contributed by atoms with Crippen molar-refractivity contribution in [2.24, 2.45) is 23.2 Å². The Morgan fingerprint density at radius 2 is 1.32 bits per heavy atom. The molecule has 1 N–H and O–H groups in total. The molecule has 0 amide bonds. The summed E-state index contributed by atoms with van der Waals surface area (Å²) >= 11 is 0. The summed E-state index contributed by atoms with van der Waals surface area (Å²) < 4.78 is 87.7. The molecule has 0 atom stereocenters. The van der Waals surface area contributed by atoms with Crippen molar-refractivity contribution in [1.82, 2.24) is 0 Å². The van der Waals surface area contributed by atoms with Crippen LogP contribution in [-0.2, 0) is 19.6 Å². The van der Waals surface area contributed by atoms with Crippen molar-refractivity contribution in [3.8, 4) is 0 Å². The summed E-state index contributed by atoms with van der Waals surface area (Å²) in [7, 11) is -6.16. The number of hydrogen-bond donors (Lipinski definition) is 1. The van der Waals surface area contributed by atoms with E-state index in [1.54, 1.807) is 0 Å². The fraction of sp³-hybridized carbons (Fsp3) is 0.952. The van der Waals surface area contributed by atoms with E-state index < -0.39 is 27.7 Å². The zero-order valence-electron chi connectivity index (χ0n) is 17.6. The van der Waals surface area contributed by atoms with Gasteiger partial charge < -0.3 is 4.74 Å². The van der Waals surface area contributed by atoms with E-state index in [-0.39, 0.29) is 24.2 Å².